The van der Waals surface area contributed by atoms with Crippen molar-refractivity contribution in [1.82, 2.24) is 19.1 Å². The lowest BCUT2D eigenvalue weighted by molar-refractivity contribution is 0.354. The second-order valence-electron chi connectivity index (χ2n) is 6.72. The molecule has 0 saturated carbocycles. The van der Waals surface area contributed by atoms with Gasteiger partial charge in [-0.25, -0.2) is 14.8 Å². The van der Waals surface area contributed by atoms with Crippen molar-refractivity contribution in [2.45, 2.75) is 19.4 Å². The average Bonchev–Trinajstić information content (AvgIpc) is 2.94. The molecule has 7 heteroatoms. The quantitative estimate of drug-likeness (QED) is 0.722. The fraction of sp³-hybridized carbons (Fsp3) is 0.368. The molecule has 1 saturated heterocycles. The zero-order valence-electron chi connectivity index (χ0n) is 14.7. The van der Waals surface area contributed by atoms with Gasteiger partial charge in [0.2, 0.25) is 0 Å². The van der Waals surface area contributed by atoms with Gasteiger partial charge in [-0.05, 0) is 43.0 Å². The number of anilines is 1. The van der Waals surface area contributed by atoms with Gasteiger partial charge in [0.1, 0.15) is 17.6 Å². The molecule has 0 aromatic carbocycles. The highest BCUT2D eigenvalue weighted by molar-refractivity contribution is 5.71. The van der Waals surface area contributed by atoms with Crippen LogP contribution in [0, 0.1) is 17.2 Å². The molecule has 0 aliphatic carbocycles. The Morgan fingerprint density at radius 3 is 2.81 bits per heavy atom. The number of hydrogen-bond donors (Lipinski definition) is 0. The molecule has 0 unspecified atom stereocenters. The van der Waals surface area contributed by atoms with Gasteiger partial charge >= 0.3 is 5.69 Å². The number of pyridine rings is 2. The minimum Gasteiger partial charge on any atom is -0.357 e. The fourth-order valence-corrected chi connectivity index (χ4v) is 3.66. The molecule has 1 aliphatic heterocycles. The molecule has 3 aromatic heterocycles. The number of aryl methyl sites for hydroxylation is 1. The maximum atomic E-state index is 12.6. The average molecular weight is 348 g/mol. The Balaban J connectivity index is 1.49. The molecule has 0 atom stereocenters. The second-order valence-corrected chi connectivity index (χ2v) is 6.72. The van der Waals surface area contributed by atoms with E-state index in [4.69, 9.17) is 5.26 Å². The van der Waals surface area contributed by atoms with Crippen molar-refractivity contribution >= 4 is 17.0 Å². The lowest BCUT2D eigenvalue weighted by Gasteiger charge is -2.32. The summed E-state index contributed by atoms with van der Waals surface area (Å²) >= 11 is 0. The number of fused-ring (bicyclic) bond motifs is 1. The van der Waals surface area contributed by atoms with E-state index in [0.717, 1.165) is 42.9 Å². The Kier molecular flexibility index (Phi) is 4.17. The van der Waals surface area contributed by atoms with Gasteiger partial charge in [0, 0.05) is 32.9 Å². The van der Waals surface area contributed by atoms with Gasteiger partial charge in [0.05, 0.1) is 5.52 Å². The number of imidazole rings is 1. The van der Waals surface area contributed by atoms with E-state index in [0.29, 0.717) is 18.2 Å². The predicted molar refractivity (Wildman–Crippen MR) is 98.9 cm³/mol. The molecule has 0 N–H and O–H groups in total. The van der Waals surface area contributed by atoms with Gasteiger partial charge in [0.25, 0.3) is 0 Å². The largest absolute Gasteiger partial charge is 0.357 e. The SMILES string of the molecule is Cn1c(=O)n(CC2CCN(c3cccc(C#N)n3)CC2)c2ncccc21. The van der Waals surface area contributed by atoms with Crippen molar-refractivity contribution in [2.75, 3.05) is 18.0 Å². The molecule has 0 bridgehead atoms. The monoisotopic (exact) mass is 348 g/mol. The normalized spacial score (nSPS) is 15.3. The topological polar surface area (TPSA) is 79.7 Å². The molecule has 1 fully saturated rings. The van der Waals surface area contributed by atoms with Gasteiger partial charge in [-0.15, -0.1) is 0 Å². The zero-order valence-corrected chi connectivity index (χ0v) is 14.7. The van der Waals surface area contributed by atoms with Crippen LogP contribution in [0.2, 0.25) is 0 Å². The third-order valence-corrected chi connectivity index (χ3v) is 5.13. The van der Waals surface area contributed by atoms with Crippen LogP contribution in [0.4, 0.5) is 5.82 Å². The highest BCUT2D eigenvalue weighted by Gasteiger charge is 2.23. The number of rotatable bonds is 3. The highest BCUT2D eigenvalue weighted by Crippen LogP contribution is 2.24. The van der Waals surface area contributed by atoms with Gasteiger partial charge in [-0.3, -0.25) is 9.13 Å². The van der Waals surface area contributed by atoms with E-state index in [1.54, 1.807) is 28.4 Å². The lowest BCUT2D eigenvalue weighted by Crippen LogP contribution is -2.37. The standard InChI is InChI=1S/C19H20N6O/c1-23-16-5-3-9-21-18(16)25(19(23)26)13-14-7-10-24(11-8-14)17-6-2-4-15(12-20)22-17/h2-6,9,14H,7-8,10-11,13H2,1H3. The number of piperidine rings is 1. The summed E-state index contributed by atoms with van der Waals surface area (Å²) in [5.74, 6) is 1.28. The van der Waals surface area contributed by atoms with Crippen LogP contribution in [0.5, 0.6) is 0 Å². The molecule has 0 amide bonds. The number of hydrogen-bond acceptors (Lipinski definition) is 5. The number of nitrogens with zero attached hydrogens (tertiary/aromatic N) is 6. The first-order chi connectivity index (χ1) is 12.7. The summed E-state index contributed by atoms with van der Waals surface area (Å²) in [5.41, 5.74) is 2.06. The molecule has 4 rings (SSSR count). The number of aromatic nitrogens is 4. The maximum absolute atomic E-state index is 12.6. The van der Waals surface area contributed by atoms with E-state index in [2.05, 4.69) is 20.9 Å². The molecule has 7 nitrogen and oxygen atoms in total. The second kappa shape index (κ2) is 6.64. The van der Waals surface area contributed by atoms with Crippen molar-refractivity contribution in [2.24, 2.45) is 13.0 Å². The van der Waals surface area contributed by atoms with E-state index in [-0.39, 0.29) is 5.69 Å². The van der Waals surface area contributed by atoms with E-state index in [1.165, 1.54) is 0 Å². The summed E-state index contributed by atoms with van der Waals surface area (Å²) in [6.45, 7) is 2.44. The van der Waals surface area contributed by atoms with Crippen molar-refractivity contribution < 1.29 is 0 Å². The molecular formula is C19H20N6O. The van der Waals surface area contributed by atoms with Gasteiger partial charge in [0.15, 0.2) is 5.65 Å². The lowest BCUT2D eigenvalue weighted by atomic mass is 9.96. The number of nitriles is 1. The Bertz CT molecular complexity index is 1040. The molecular weight excluding hydrogens is 328 g/mol. The molecule has 26 heavy (non-hydrogen) atoms. The van der Waals surface area contributed by atoms with Crippen LogP contribution in [0.1, 0.15) is 18.5 Å². The summed E-state index contributed by atoms with van der Waals surface area (Å²) < 4.78 is 3.46. The molecule has 0 radical (unpaired) electrons. The Labute approximate surface area is 151 Å². The molecule has 132 valence electrons. The van der Waals surface area contributed by atoms with Crippen LogP contribution in [0.15, 0.2) is 41.3 Å². The minimum atomic E-state index is -0.00971. The minimum absolute atomic E-state index is 0.00971. The summed E-state index contributed by atoms with van der Waals surface area (Å²) in [4.78, 5) is 23.5. The summed E-state index contributed by atoms with van der Waals surface area (Å²) in [6.07, 6.45) is 3.69. The summed E-state index contributed by atoms with van der Waals surface area (Å²) in [7, 11) is 1.79. The smallest absolute Gasteiger partial charge is 0.330 e. The van der Waals surface area contributed by atoms with Crippen molar-refractivity contribution in [3.8, 4) is 6.07 Å². The molecule has 0 spiro atoms. The van der Waals surface area contributed by atoms with Gasteiger partial charge in [-0.2, -0.15) is 5.26 Å². The first-order valence-corrected chi connectivity index (χ1v) is 8.79. The third kappa shape index (κ3) is 2.84. The first-order valence-electron chi connectivity index (χ1n) is 8.79. The molecule has 3 aromatic rings. The summed E-state index contributed by atoms with van der Waals surface area (Å²) in [5, 5.41) is 9.01. The van der Waals surface area contributed by atoms with E-state index < -0.39 is 0 Å². The van der Waals surface area contributed by atoms with Crippen molar-refractivity contribution in [3.05, 3.63) is 52.7 Å². The Morgan fingerprint density at radius 1 is 1.23 bits per heavy atom. The van der Waals surface area contributed by atoms with Gasteiger partial charge in [-0.1, -0.05) is 6.07 Å². The van der Waals surface area contributed by atoms with Crippen LogP contribution in [0.25, 0.3) is 11.2 Å². The van der Waals surface area contributed by atoms with E-state index in [1.807, 2.05) is 24.3 Å². The fourth-order valence-electron chi connectivity index (χ4n) is 3.66. The van der Waals surface area contributed by atoms with Crippen LogP contribution < -0.4 is 10.6 Å². The van der Waals surface area contributed by atoms with Crippen molar-refractivity contribution in [1.29, 1.82) is 5.26 Å². The summed E-state index contributed by atoms with van der Waals surface area (Å²) in [6, 6.07) is 11.4. The third-order valence-electron chi connectivity index (χ3n) is 5.13. The van der Waals surface area contributed by atoms with E-state index >= 15 is 0 Å². The Hall–Kier alpha value is -3.14. The first kappa shape index (κ1) is 16.3. The van der Waals surface area contributed by atoms with Crippen LogP contribution in [-0.4, -0.2) is 32.2 Å². The predicted octanol–water partition coefficient (Wildman–Crippen LogP) is 1.92. The van der Waals surface area contributed by atoms with Gasteiger partial charge < -0.3 is 4.90 Å². The highest BCUT2D eigenvalue weighted by atomic mass is 16.1. The molecule has 1 aliphatic rings. The maximum Gasteiger partial charge on any atom is 0.330 e. The Morgan fingerprint density at radius 2 is 2.04 bits per heavy atom. The van der Waals surface area contributed by atoms with Crippen molar-refractivity contribution in [3.63, 3.8) is 0 Å². The zero-order chi connectivity index (χ0) is 18.1. The van der Waals surface area contributed by atoms with E-state index in [9.17, 15) is 4.79 Å². The van der Waals surface area contributed by atoms with Crippen LogP contribution in [0.3, 0.4) is 0 Å². The van der Waals surface area contributed by atoms with Crippen LogP contribution >= 0.6 is 0 Å². The molecule has 4 heterocycles. The van der Waals surface area contributed by atoms with Crippen LogP contribution in [-0.2, 0) is 13.6 Å².